The van der Waals surface area contributed by atoms with Gasteiger partial charge in [0.25, 0.3) is 0 Å². The van der Waals surface area contributed by atoms with Crippen LogP contribution < -0.4 is 5.73 Å². The average molecular weight is 259 g/mol. The minimum Gasteiger partial charge on any atom is -0.382 e. The van der Waals surface area contributed by atoms with Gasteiger partial charge in [-0.25, -0.2) is 9.67 Å². The molecule has 0 atom stereocenters. The summed E-state index contributed by atoms with van der Waals surface area (Å²) < 4.78 is 1.73. The van der Waals surface area contributed by atoms with E-state index >= 15 is 0 Å². The van der Waals surface area contributed by atoms with Crippen molar-refractivity contribution in [3.05, 3.63) is 47.1 Å². The normalized spacial score (nSPS) is 11.0. The molecule has 0 bridgehead atoms. The molecular formula is C13H11ClN4. The molecule has 0 fully saturated rings. The van der Waals surface area contributed by atoms with E-state index in [-0.39, 0.29) is 0 Å². The number of anilines is 1. The van der Waals surface area contributed by atoms with Crippen molar-refractivity contribution in [3.8, 4) is 5.69 Å². The Labute approximate surface area is 109 Å². The molecule has 0 radical (unpaired) electrons. The van der Waals surface area contributed by atoms with Gasteiger partial charge in [0, 0.05) is 11.2 Å². The van der Waals surface area contributed by atoms with E-state index in [9.17, 15) is 0 Å². The molecule has 0 spiro atoms. The van der Waals surface area contributed by atoms with Crippen LogP contribution >= 0.6 is 11.6 Å². The predicted molar refractivity (Wildman–Crippen MR) is 73.0 cm³/mol. The zero-order chi connectivity index (χ0) is 12.7. The number of nitrogens with zero attached hydrogens (tertiary/aromatic N) is 3. The van der Waals surface area contributed by atoms with Crippen LogP contribution in [0.4, 0.5) is 5.82 Å². The fourth-order valence-corrected chi connectivity index (χ4v) is 2.14. The Morgan fingerprint density at radius 2 is 2.06 bits per heavy atom. The molecule has 0 saturated carbocycles. The summed E-state index contributed by atoms with van der Waals surface area (Å²) in [6, 6.07) is 9.43. The van der Waals surface area contributed by atoms with Crippen molar-refractivity contribution in [1.82, 2.24) is 14.8 Å². The number of pyridine rings is 1. The summed E-state index contributed by atoms with van der Waals surface area (Å²) in [5.41, 5.74) is 8.48. The van der Waals surface area contributed by atoms with Crippen LogP contribution in [-0.4, -0.2) is 14.8 Å². The van der Waals surface area contributed by atoms with Gasteiger partial charge in [-0.15, -0.1) is 5.10 Å². The number of nitrogen functional groups attached to an aromatic ring is 1. The lowest BCUT2D eigenvalue weighted by Crippen LogP contribution is -2.01. The van der Waals surface area contributed by atoms with Gasteiger partial charge in [0.15, 0.2) is 11.5 Å². The first-order valence-electron chi connectivity index (χ1n) is 5.53. The van der Waals surface area contributed by atoms with Crippen molar-refractivity contribution in [1.29, 1.82) is 0 Å². The molecule has 2 aromatic heterocycles. The Bertz CT molecular complexity index is 733. The van der Waals surface area contributed by atoms with Crippen LogP contribution in [0, 0.1) is 6.92 Å². The van der Waals surface area contributed by atoms with Crippen molar-refractivity contribution < 1.29 is 0 Å². The molecule has 18 heavy (non-hydrogen) atoms. The van der Waals surface area contributed by atoms with Gasteiger partial charge in [-0.3, -0.25) is 0 Å². The van der Waals surface area contributed by atoms with E-state index in [0.29, 0.717) is 10.8 Å². The van der Waals surface area contributed by atoms with Crippen LogP contribution in [0.5, 0.6) is 0 Å². The summed E-state index contributed by atoms with van der Waals surface area (Å²) in [6.45, 7) is 1.95. The van der Waals surface area contributed by atoms with E-state index in [2.05, 4.69) is 10.1 Å². The predicted octanol–water partition coefficient (Wildman–Crippen LogP) is 2.96. The quantitative estimate of drug-likeness (QED) is 0.730. The van der Waals surface area contributed by atoms with E-state index < -0.39 is 0 Å². The fourth-order valence-electron chi connectivity index (χ4n) is 1.97. The number of benzene rings is 1. The number of rotatable bonds is 1. The highest BCUT2D eigenvalue weighted by Crippen LogP contribution is 2.26. The molecule has 90 valence electrons. The van der Waals surface area contributed by atoms with Crippen LogP contribution in [-0.2, 0) is 0 Å². The Balaban J connectivity index is 2.36. The maximum absolute atomic E-state index is 6.13. The first-order valence-corrected chi connectivity index (χ1v) is 5.91. The highest BCUT2D eigenvalue weighted by atomic mass is 35.5. The van der Waals surface area contributed by atoms with Crippen molar-refractivity contribution in [2.24, 2.45) is 0 Å². The third-order valence-electron chi connectivity index (χ3n) is 2.94. The molecule has 0 unspecified atom stereocenters. The summed E-state index contributed by atoms with van der Waals surface area (Å²) in [7, 11) is 0. The second-order valence-electron chi connectivity index (χ2n) is 4.06. The number of aromatic nitrogens is 3. The first kappa shape index (κ1) is 11.0. The fraction of sp³-hybridized carbons (Fsp3) is 0.0769. The molecule has 5 heteroatoms. The van der Waals surface area contributed by atoms with Crippen LogP contribution in [0.1, 0.15) is 5.56 Å². The van der Waals surface area contributed by atoms with E-state index in [4.69, 9.17) is 17.3 Å². The monoisotopic (exact) mass is 258 g/mol. The van der Waals surface area contributed by atoms with Crippen LogP contribution in [0.2, 0.25) is 5.02 Å². The lowest BCUT2D eigenvalue weighted by Gasteiger charge is -2.07. The third kappa shape index (κ3) is 1.54. The van der Waals surface area contributed by atoms with Gasteiger partial charge in [-0.1, -0.05) is 17.7 Å². The first-order chi connectivity index (χ1) is 8.68. The lowest BCUT2D eigenvalue weighted by molar-refractivity contribution is 0.895. The van der Waals surface area contributed by atoms with E-state index in [0.717, 1.165) is 22.3 Å². The largest absolute Gasteiger partial charge is 0.382 e. The minimum absolute atomic E-state index is 0.470. The van der Waals surface area contributed by atoms with Gasteiger partial charge in [-0.05, 0) is 36.8 Å². The number of fused-ring (bicyclic) bond motifs is 1. The summed E-state index contributed by atoms with van der Waals surface area (Å²) >= 11 is 6.13. The van der Waals surface area contributed by atoms with Gasteiger partial charge in [0.2, 0.25) is 0 Å². The SMILES string of the molecule is Cc1c(Cl)cccc1-n1nc(N)c2cccnc21. The number of nitrogens with two attached hydrogens (primary N) is 1. The second kappa shape index (κ2) is 3.99. The zero-order valence-corrected chi connectivity index (χ0v) is 10.5. The Morgan fingerprint density at radius 3 is 2.89 bits per heavy atom. The number of hydrogen-bond donors (Lipinski definition) is 1. The lowest BCUT2D eigenvalue weighted by atomic mass is 10.2. The molecule has 0 aliphatic carbocycles. The van der Waals surface area contributed by atoms with E-state index in [1.807, 2.05) is 37.3 Å². The standard InChI is InChI=1S/C13H11ClN4/c1-8-10(14)5-2-6-11(8)18-13-9(12(15)17-18)4-3-7-16-13/h2-7H,1H3,(H2,15,17). The second-order valence-corrected chi connectivity index (χ2v) is 4.46. The molecule has 1 aromatic carbocycles. The Morgan fingerprint density at radius 1 is 1.22 bits per heavy atom. The molecule has 3 aromatic rings. The van der Waals surface area contributed by atoms with Gasteiger partial charge in [-0.2, -0.15) is 0 Å². The molecule has 0 saturated heterocycles. The third-order valence-corrected chi connectivity index (χ3v) is 3.35. The minimum atomic E-state index is 0.470. The maximum Gasteiger partial charge on any atom is 0.165 e. The molecule has 0 amide bonds. The molecular weight excluding hydrogens is 248 g/mol. The van der Waals surface area contributed by atoms with Crippen LogP contribution in [0.3, 0.4) is 0 Å². The van der Waals surface area contributed by atoms with E-state index in [1.54, 1.807) is 10.9 Å². The van der Waals surface area contributed by atoms with Gasteiger partial charge < -0.3 is 5.73 Å². The van der Waals surface area contributed by atoms with Gasteiger partial charge >= 0.3 is 0 Å². The molecule has 3 rings (SSSR count). The summed E-state index contributed by atoms with van der Waals surface area (Å²) in [5.74, 6) is 0.470. The van der Waals surface area contributed by atoms with Gasteiger partial charge in [0.1, 0.15) is 0 Å². The molecule has 2 heterocycles. The maximum atomic E-state index is 6.13. The number of halogens is 1. The summed E-state index contributed by atoms with van der Waals surface area (Å²) in [4.78, 5) is 4.33. The van der Waals surface area contributed by atoms with Crippen molar-refractivity contribution in [2.75, 3.05) is 5.73 Å². The highest BCUT2D eigenvalue weighted by Gasteiger charge is 2.12. The average Bonchev–Trinajstić information content (AvgIpc) is 2.71. The van der Waals surface area contributed by atoms with E-state index in [1.165, 1.54) is 0 Å². The van der Waals surface area contributed by atoms with Gasteiger partial charge in [0.05, 0.1) is 11.1 Å². The molecule has 0 aliphatic heterocycles. The number of hydrogen-bond acceptors (Lipinski definition) is 3. The van der Waals surface area contributed by atoms with Crippen molar-refractivity contribution in [3.63, 3.8) is 0 Å². The zero-order valence-electron chi connectivity index (χ0n) is 9.76. The van der Waals surface area contributed by atoms with Crippen molar-refractivity contribution in [2.45, 2.75) is 6.92 Å². The Kier molecular flexibility index (Phi) is 2.45. The summed E-state index contributed by atoms with van der Waals surface area (Å²) in [5, 5.41) is 5.88. The Hall–Kier alpha value is -2.07. The molecule has 2 N–H and O–H groups in total. The topological polar surface area (TPSA) is 56.7 Å². The highest BCUT2D eigenvalue weighted by molar-refractivity contribution is 6.31. The molecule has 0 aliphatic rings. The smallest absolute Gasteiger partial charge is 0.165 e. The van der Waals surface area contributed by atoms with Crippen molar-refractivity contribution >= 4 is 28.5 Å². The van der Waals surface area contributed by atoms with Crippen LogP contribution in [0.25, 0.3) is 16.7 Å². The van der Waals surface area contributed by atoms with Crippen LogP contribution in [0.15, 0.2) is 36.5 Å². The molecule has 4 nitrogen and oxygen atoms in total. The summed E-state index contributed by atoms with van der Waals surface area (Å²) in [6.07, 6.45) is 1.72.